The zero-order valence-corrected chi connectivity index (χ0v) is 14.0. The second-order valence-electron chi connectivity index (χ2n) is 4.74. The van der Waals surface area contributed by atoms with E-state index in [1.807, 2.05) is 11.4 Å². The summed E-state index contributed by atoms with van der Waals surface area (Å²) in [7, 11) is 3.19. The first-order valence-electron chi connectivity index (χ1n) is 6.52. The van der Waals surface area contributed by atoms with E-state index in [-0.39, 0.29) is 16.2 Å². The van der Waals surface area contributed by atoms with Gasteiger partial charge in [-0.25, -0.2) is 9.97 Å². The third-order valence-corrected chi connectivity index (χ3v) is 4.32. The van der Waals surface area contributed by atoms with Crippen LogP contribution in [-0.4, -0.2) is 34.3 Å². The van der Waals surface area contributed by atoms with Gasteiger partial charge >= 0.3 is 6.18 Å². The van der Waals surface area contributed by atoms with Gasteiger partial charge in [-0.3, -0.25) is 0 Å². The molecule has 0 aliphatic heterocycles. The van der Waals surface area contributed by atoms with E-state index in [4.69, 9.17) is 4.42 Å². The highest BCUT2D eigenvalue weighted by molar-refractivity contribution is 7.98. The minimum Gasteiger partial charge on any atom is -0.410 e. The molecule has 0 aliphatic carbocycles. The van der Waals surface area contributed by atoms with E-state index in [1.165, 1.54) is 16.2 Å². The average Bonchev–Trinajstić information content (AvgIpc) is 3.16. The number of rotatable bonds is 4. The van der Waals surface area contributed by atoms with Gasteiger partial charge in [0.25, 0.3) is 11.1 Å². The molecule has 0 aromatic carbocycles. The van der Waals surface area contributed by atoms with Crippen LogP contribution in [0.1, 0.15) is 5.69 Å². The molecule has 0 saturated heterocycles. The normalized spacial score (nSPS) is 11.7. The molecule has 24 heavy (non-hydrogen) atoms. The van der Waals surface area contributed by atoms with Crippen LogP contribution in [-0.2, 0) is 6.18 Å². The van der Waals surface area contributed by atoms with E-state index >= 15 is 0 Å². The van der Waals surface area contributed by atoms with Gasteiger partial charge in [0.1, 0.15) is 5.82 Å². The van der Waals surface area contributed by atoms with Crippen LogP contribution >= 0.6 is 23.1 Å². The van der Waals surface area contributed by atoms with Crippen molar-refractivity contribution in [2.24, 2.45) is 0 Å². The molecule has 0 unspecified atom stereocenters. The van der Waals surface area contributed by atoms with Gasteiger partial charge in [0.15, 0.2) is 10.9 Å². The summed E-state index contributed by atoms with van der Waals surface area (Å²) in [6, 6.07) is 4.52. The van der Waals surface area contributed by atoms with Gasteiger partial charge in [0.2, 0.25) is 0 Å². The minimum atomic E-state index is -4.57. The van der Waals surface area contributed by atoms with Crippen molar-refractivity contribution in [1.29, 1.82) is 0 Å². The molecule has 6 nitrogen and oxygen atoms in total. The van der Waals surface area contributed by atoms with Gasteiger partial charge in [-0.2, -0.15) is 13.2 Å². The van der Waals surface area contributed by atoms with Gasteiger partial charge < -0.3 is 9.32 Å². The molecule has 3 heterocycles. The topological polar surface area (TPSA) is 67.9 Å². The summed E-state index contributed by atoms with van der Waals surface area (Å²) in [5.74, 6) is 0.435. The third-order valence-electron chi connectivity index (χ3n) is 2.76. The molecule has 3 aromatic heterocycles. The Balaban J connectivity index is 1.90. The molecular weight excluding hydrogens is 363 g/mol. The molecular formula is C13H10F3N5OS2. The smallest absolute Gasteiger partial charge is 0.410 e. The molecule has 0 N–H and O–H groups in total. The molecule has 126 valence electrons. The number of nitrogens with zero attached hydrogens (tertiary/aromatic N) is 5. The number of hydrogen-bond donors (Lipinski definition) is 0. The Kier molecular flexibility index (Phi) is 4.45. The number of aromatic nitrogens is 4. The first kappa shape index (κ1) is 16.7. The molecule has 0 bridgehead atoms. The van der Waals surface area contributed by atoms with Gasteiger partial charge in [-0.15, -0.1) is 21.5 Å². The van der Waals surface area contributed by atoms with E-state index in [0.29, 0.717) is 5.89 Å². The fourth-order valence-electron chi connectivity index (χ4n) is 1.66. The number of thiophene rings is 1. The van der Waals surface area contributed by atoms with Crippen LogP contribution in [0.2, 0.25) is 0 Å². The van der Waals surface area contributed by atoms with Crippen molar-refractivity contribution in [2.75, 3.05) is 19.0 Å². The SMILES string of the molecule is CN(C)c1cc(C(F)(F)F)nc(Sc2nnc(-c3cccs3)o2)n1. The fourth-order valence-corrected chi connectivity index (χ4v) is 2.95. The Hall–Kier alpha value is -2.14. The average molecular weight is 373 g/mol. The van der Waals surface area contributed by atoms with Crippen molar-refractivity contribution < 1.29 is 17.6 Å². The van der Waals surface area contributed by atoms with Gasteiger partial charge in [0.05, 0.1) is 4.88 Å². The monoisotopic (exact) mass is 373 g/mol. The lowest BCUT2D eigenvalue weighted by Gasteiger charge is -2.14. The Labute approximate surface area is 142 Å². The fraction of sp³-hybridized carbons (Fsp3) is 0.231. The van der Waals surface area contributed by atoms with Crippen molar-refractivity contribution in [1.82, 2.24) is 20.2 Å². The molecule has 0 aliphatic rings. The molecule has 11 heteroatoms. The Morgan fingerprint density at radius 1 is 1.21 bits per heavy atom. The van der Waals surface area contributed by atoms with Gasteiger partial charge in [-0.1, -0.05) is 6.07 Å². The molecule has 0 radical (unpaired) electrons. The molecule has 0 atom stereocenters. The summed E-state index contributed by atoms with van der Waals surface area (Å²) in [5, 5.41) is 9.49. The van der Waals surface area contributed by atoms with E-state index < -0.39 is 11.9 Å². The van der Waals surface area contributed by atoms with Crippen LogP contribution in [0.3, 0.4) is 0 Å². The van der Waals surface area contributed by atoms with Crippen LogP contribution in [0.15, 0.2) is 38.4 Å². The molecule has 0 amide bonds. The predicted molar refractivity (Wildman–Crippen MR) is 83.1 cm³/mol. The third kappa shape index (κ3) is 3.67. The van der Waals surface area contributed by atoms with Crippen molar-refractivity contribution in [3.8, 4) is 10.8 Å². The summed E-state index contributed by atoms with van der Waals surface area (Å²) in [4.78, 5) is 9.83. The summed E-state index contributed by atoms with van der Waals surface area (Å²) in [5.41, 5.74) is -1.03. The molecule has 0 saturated carbocycles. The number of alkyl halides is 3. The molecule has 3 aromatic rings. The highest BCUT2D eigenvalue weighted by Gasteiger charge is 2.34. The van der Waals surface area contributed by atoms with Crippen LogP contribution in [0.4, 0.5) is 19.0 Å². The maximum absolute atomic E-state index is 13.0. The zero-order chi connectivity index (χ0) is 17.3. The quantitative estimate of drug-likeness (QED) is 0.644. The van der Waals surface area contributed by atoms with Gasteiger partial charge in [-0.05, 0) is 11.4 Å². The van der Waals surface area contributed by atoms with Crippen LogP contribution in [0.5, 0.6) is 0 Å². The summed E-state index contributed by atoms with van der Waals surface area (Å²) >= 11 is 2.20. The number of hydrogen-bond acceptors (Lipinski definition) is 8. The first-order valence-corrected chi connectivity index (χ1v) is 8.21. The Morgan fingerprint density at radius 2 is 2.00 bits per heavy atom. The lowest BCUT2D eigenvalue weighted by atomic mass is 10.4. The second kappa shape index (κ2) is 6.40. The number of halogens is 3. The Morgan fingerprint density at radius 3 is 2.62 bits per heavy atom. The van der Waals surface area contributed by atoms with Crippen LogP contribution in [0, 0.1) is 0 Å². The Bertz CT molecular complexity index is 833. The highest BCUT2D eigenvalue weighted by Crippen LogP contribution is 2.33. The molecule has 0 spiro atoms. The minimum absolute atomic E-state index is 0.0717. The molecule has 3 rings (SSSR count). The van der Waals surface area contributed by atoms with E-state index in [0.717, 1.165) is 22.7 Å². The predicted octanol–water partition coefficient (Wildman–Crippen LogP) is 3.82. The maximum Gasteiger partial charge on any atom is 0.433 e. The lowest BCUT2D eigenvalue weighted by molar-refractivity contribution is -0.141. The summed E-state index contributed by atoms with van der Waals surface area (Å²) in [6.07, 6.45) is -4.57. The first-order chi connectivity index (χ1) is 11.3. The largest absolute Gasteiger partial charge is 0.433 e. The lowest BCUT2D eigenvalue weighted by Crippen LogP contribution is -2.16. The van der Waals surface area contributed by atoms with Crippen LogP contribution in [0.25, 0.3) is 10.8 Å². The van der Waals surface area contributed by atoms with Crippen LogP contribution < -0.4 is 4.90 Å². The van der Waals surface area contributed by atoms with E-state index in [1.54, 1.807) is 20.2 Å². The van der Waals surface area contributed by atoms with Crippen molar-refractivity contribution >= 4 is 28.9 Å². The highest BCUT2D eigenvalue weighted by atomic mass is 32.2. The van der Waals surface area contributed by atoms with E-state index in [9.17, 15) is 13.2 Å². The van der Waals surface area contributed by atoms with E-state index in [2.05, 4.69) is 20.2 Å². The standard InChI is InChI=1S/C13H10F3N5OS2/c1-21(2)9-6-8(13(14,15)16)17-11(18-9)24-12-20-19-10(22-12)7-4-3-5-23-7/h3-6H,1-2H3. The van der Waals surface area contributed by atoms with Crippen molar-refractivity contribution in [3.63, 3.8) is 0 Å². The van der Waals surface area contributed by atoms with Crippen molar-refractivity contribution in [2.45, 2.75) is 16.6 Å². The molecule has 0 fully saturated rings. The van der Waals surface area contributed by atoms with Gasteiger partial charge in [0, 0.05) is 31.9 Å². The van der Waals surface area contributed by atoms with Crippen molar-refractivity contribution in [3.05, 3.63) is 29.3 Å². The summed E-state index contributed by atoms with van der Waals surface area (Å²) < 4.78 is 44.3. The second-order valence-corrected chi connectivity index (χ2v) is 6.60. The maximum atomic E-state index is 13.0. The summed E-state index contributed by atoms with van der Waals surface area (Å²) in [6.45, 7) is 0. The number of anilines is 1. The zero-order valence-electron chi connectivity index (χ0n) is 12.4.